The summed E-state index contributed by atoms with van der Waals surface area (Å²) in [6, 6.07) is 0. The molecule has 1 N–H and O–H groups in total. The molecule has 0 rings (SSSR count). The number of rotatable bonds is 14. The van der Waals surface area contributed by atoms with Crippen molar-refractivity contribution in [3.63, 3.8) is 0 Å². The Morgan fingerprint density at radius 2 is 1.29 bits per heavy atom. The normalized spacial score (nSPS) is 11.6. The molecule has 0 fully saturated rings. The Bertz CT molecular complexity index is 272. The van der Waals surface area contributed by atoms with Crippen LogP contribution >= 0.6 is 0 Å². The number of carbonyl (C=O) groups is 1. The van der Waals surface area contributed by atoms with Gasteiger partial charge in [0.25, 0.3) is 0 Å². The third-order valence-electron chi connectivity index (χ3n) is 3.75. The Balaban J connectivity index is 3.14. The predicted molar refractivity (Wildman–Crippen MR) is 88.4 cm³/mol. The van der Waals surface area contributed by atoms with Crippen molar-refractivity contribution >= 4 is 5.97 Å². The number of esters is 1. The molecule has 0 aliphatic carbocycles. The highest BCUT2D eigenvalue weighted by atomic mass is 16.5. The number of carbonyl (C=O) groups excluding carboxylic acids is 1. The molecule has 0 aromatic carbocycles. The van der Waals surface area contributed by atoms with Gasteiger partial charge in [0, 0.05) is 0 Å². The van der Waals surface area contributed by atoms with Crippen molar-refractivity contribution < 1.29 is 14.6 Å². The quantitative estimate of drug-likeness (QED) is 0.194. The lowest BCUT2D eigenvalue weighted by atomic mass is 10.1. The van der Waals surface area contributed by atoms with Crippen molar-refractivity contribution in [2.45, 2.75) is 90.9 Å². The standard InChI is InChI=1S/C18H34O3/c1-3-4-5-6-7-8-9-10-11-12-13-14-15-21-18(20)17(2)16-19/h16,19H,3-15H2,1-2H3. The summed E-state index contributed by atoms with van der Waals surface area (Å²) in [4.78, 5) is 11.2. The van der Waals surface area contributed by atoms with E-state index in [1.165, 1.54) is 64.2 Å². The van der Waals surface area contributed by atoms with Crippen LogP contribution in [-0.4, -0.2) is 17.7 Å². The fourth-order valence-electron chi connectivity index (χ4n) is 2.27. The highest BCUT2D eigenvalue weighted by molar-refractivity contribution is 5.87. The van der Waals surface area contributed by atoms with Gasteiger partial charge in [-0.3, -0.25) is 0 Å². The highest BCUT2D eigenvalue weighted by Crippen LogP contribution is 2.12. The molecule has 0 aliphatic rings. The first-order valence-corrected chi connectivity index (χ1v) is 8.70. The summed E-state index contributed by atoms with van der Waals surface area (Å²) >= 11 is 0. The maximum atomic E-state index is 11.2. The number of hydrogen-bond donors (Lipinski definition) is 1. The van der Waals surface area contributed by atoms with E-state index in [1.54, 1.807) is 6.92 Å². The topological polar surface area (TPSA) is 46.5 Å². The molecule has 0 radical (unpaired) electrons. The lowest BCUT2D eigenvalue weighted by Gasteiger charge is -2.04. The third-order valence-corrected chi connectivity index (χ3v) is 3.75. The first kappa shape index (κ1) is 20.0. The Morgan fingerprint density at radius 1 is 0.857 bits per heavy atom. The van der Waals surface area contributed by atoms with Gasteiger partial charge in [0.1, 0.15) is 0 Å². The molecule has 0 aliphatic heterocycles. The van der Waals surface area contributed by atoms with Crippen molar-refractivity contribution in [3.05, 3.63) is 11.8 Å². The van der Waals surface area contributed by atoms with Crippen LogP contribution < -0.4 is 0 Å². The van der Waals surface area contributed by atoms with Crippen molar-refractivity contribution in [1.29, 1.82) is 0 Å². The second-order valence-electron chi connectivity index (χ2n) is 5.84. The molecular formula is C18H34O3. The Kier molecular flexibility index (Phi) is 14.7. The summed E-state index contributed by atoms with van der Waals surface area (Å²) in [6.07, 6.45) is 16.3. The molecule has 0 saturated carbocycles. The minimum atomic E-state index is -0.416. The maximum absolute atomic E-state index is 11.2. The van der Waals surface area contributed by atoms with Gasteiger partial charge < -0.3 is 9.84 Å². The monoisotopic (exact) mass is 298 g/mol. The SMILES string of the molecule is CCCCCCCCCCCCCCOC(=O)C(C)=CO. The van der Waals surface area contributed by atoms with E-state index in [4.69, 9.17) is 9.84 Å². The van der Waals surface area contributed by atoms with E-state index in [-0.39, 0.29) is 5.57 Å². The van der Waals surface area contributed by atoms with Crippen LogP contribution in [-0.2, 0) is 9.53 Å². The molecule has 0 spiro atoms. The molecule has 0 amide bonds. The van der Waals surface area contributed by atoms with E-state index in [9.17, 15) is 4.79 Å². The fourth-order valence-corrected chi connectivity index (χ4v) is 2.27. The van der Waals surface area contributed by atoms with Crippen LogP contribution in [0.1, 0.15) is 90.9 Å². The lowest BCUT2D eigenvalue weighted by molar-refractivity contribution is -0.139. The van der Waals surface area contributed by atoms with E-state index >= 15 is 0 Å². The minimum Gasteiger partial charge on any atom is -0.515 e. The van der Waals surface area contributed by atoms with Gasteiger partial charge in [0.15, 0.2) is 0 Å². The van der Waals surface area contributed by atoms with Gasteiger partial charge in [0.2, 0.25) is 0 Å². The second-order valence-corrected chi connectivity index (χ2v) is 5.84. The summed E-state index contributed by atoms with van der Waals surface area (Å²) in [6.45, 7) is 4.26. The number of ether oxygens (including phenoxy) is 1. The molecule has 0 atom stereocenters. The van der Waals surface area contributed by atoms with Crippen LogP contribution in [0.2, 0.25) is 0 Å². The second kappa shape index (κ2) is 15.4. The molecule has 0 saturated heterocycles. The largest absolute Gasteiger partial charge is 0.515 e. The minimum absolute atomic E-state index is 0.258. The van der Waals surface area contributed by atoms with Crippen molar-refractivity contribution in [2.24, 2.45) is 0 Å². The predicted octanol–water partition coefficient (Wildman–Crippen LogP) is 5.69. The number of aliphatic hydroxyl groups is 1. The van der Waals surface area contributed by atoms with Gasteiger partial charge in [-0.15, -0.1) is 0 Å². The van der Waals surface area contributed by atoms with E-state index in [2.05, 4.69) is 6.92 Å². The van der Waals surface area contributed by atoms with E-state index in [0.29, 0.717) is 6.61 Å². The van der Waals surface area contributed by atoms with Crippen LogP contribution in [0.4, 0.5) is 0 Å². The van der Waals surface area contributed by atoms with Crippen molar-refractivity contribution in [1.82, 2.24) is 0 Å². The molecule has 3 nitrogen and oxygen atoms in total. The average Bonchev–Trinajstić information content (AvgIpc) is 2.50. The van der Waals surface area contributed by atoms with Crippen molar-refractivity contribution in [3.8, 4) is 0 Å². The summed E-state index contributed by atoms with van der Waals surface area (Å²) in [5, 5.41) is 8.65. The lowest BCUT2D eigenvalue weighted by Crippen LogP contribution is -2.07. The molecule has 0 aromatic rings. The smallest absolute Gasteiger partial charge is 0.336 e. The van der Waals surface area contributed by atoms with E-state index in [1.807, 2.05) is 0 Å². The molecule has 0 unspecified atom stereocenters. The first-order chi connectivity index (χ1) is 10.2. The van der Waals surface area contributed by atoms with Crippen molar-refractivity contribution in [2.75, 3.05) is 6.61 Å². The summed E-state index contributed by atoms with van der Waals surface area (Å²) < 4.78 is 5.02. The maximum Gasteiger partial charge on any atom is 0.336 e. The van der Waals surface area contributed by atoms with Gasteiger partial charge in [-0.1, -0.05) is 77.6 Å². The van der Waals surface area contributed by atoms with Gasteiger partial charge in [-0.2, -0.15) is 0 Å². The Labute approximate surface area is 130 Å². The van der Waals surface area contributed by atoms with Gasteiger partial charge in [-0.05, 0) is 13.3 Å². The summed E-state index contributed by atoms with van der Waals surface area (Å²) in [7, 11) is 0. The van der Waals surface area contributed by atoms with Crippen LogP contribution in [0.5, 0.6) is 0 Å². The zero-order valence-electron chi connectivity index (χ0n) is 14.0. The van der Waals surface area contributed by atoms with Gasteiger partial charge in [0.05, 0.1) is 18.4 Å². The molecule has 0 bridgehead atoms. The Morgan fingerprint density at radius 3 is 1.71 bits per heavy atom. The molecule has 124 valence electrons. The Hall–Kier alpha value is -0.990. The molecule has 21 heavy (non-hydrogen) atoms. The zero-order valence-corrected chi connectivity index (χ0v) is 14.0. The molecule has 0 aromatic heterocycles. The molecular weight excluding hydrogens is 264 g/mol. The van der Waals surface area contributed by atoms with E-state index in [0.717, 1.165) is 19.1 Å². The van der Waals surface area contributed by atoms with Crippen LogP contribution in [0, 0.1) is 0 Å². The average molecular weight is 298 g/mol. The highest BCUT2D eigenvalue weighted by Gasteiger charge is 2.04. The van der Waals surface area contributed by atoms with Crippen LogP contribution in [0.3, 0.4) is 0 Å². The fraction of sp³-hybridized carbons (Fsp3) is 0.833. The van der Waals surface area contributed by atoms with Crippen LogP contribution in [0.25, 0.3) is 0 Å². The first-order valence-electron chi connectivity index (χ1n) is 8.70. The number of unbranched alkanes of at least 4 members (excludes halogenated alkanes) is 11. The van der Waals surface area contributed by atoms with Crippen LogP contribution in [0.15, 0.2) is 11.8 Å². The summed E-state index contributed by atoms with van der Waals surface area (Å²) in [5.41, 5.74) is 0.258. The number of hydrogen-bond acceptors (Lipinski definition) is 3. The third kappa shape index (κ3) is 13.7. The zero-order chi connectivity index (χ0) is 15.8. The van der Waals surface area contributed by atoms with Gasteiger partial charge in [-0.25, -0.2) is 4.79 Å². The molecule has 3 heteroatoms. The van der Waals surface area contributed by atoms with E-state index < -0.39 is 5.97 Å². The number of aliphatic hydroxyl groups excluding tert-OH is 1. The molecule has 0 heterocycles. The van der Waals surface area contributed by atoms with Gasteiger partial charge >= 0.3 is 5.97 Å². The summed E-state index contributed by atoms with van der Waals surface area (Å²) in [5.74, 6) is -0.416.